The molecule has 106 valence electrons. The summed E-state index contributed by atoms with van der Waals surface area (Å²) in [7, 11) is 1.55. The smallest absolute Gasteiger partial charge is 0.335 e. The summed E-state index contributed by atoms with van der Waals surface area (Å²) in [5.41, 5.74) is 1.95. The Balaban J connectivity index is 2.22. The van der Waals surface area contributed by atoms with Gasteiger partial charge in [0, 0.05) is 5.02 Å². The Hall–Kier alpha value is -2.60. The van der Waals surface area contributed by atoms with Gasteiger partial charge in [-0.3, -0.25) is 0 Å². The van der Waals surface area contributed by atoms with Crippen molar-refractivity contribution in [1.29, 1.82) is 0 Å². The predicted octanol–water partition coefficient (Wildman–Crippen LogP) is 2.78. The Morgan fingerprint density at radius 1 is 1.29 bits per heavy atom. The maximum Gasteiger partial charge on any atom is 0.335 e. The molecule has 0 fully saturated rings. The van der Waals surface area contributed by atoms with Crippen LogP contribution in [0.1, 0.15) is 10.4 Å². The molecular weight excluding hydrogens is 294 g/mol. The fourth-order valence-corrected chi connectivity index (χ4v) is 2.23. The molecule has 0 saturated heterocycles. The maximum absolute atomic E-state index is 11.0. The van der Waals surface area contributed by atoms with Crippen LogP contribution >= 0.6 is 11.6 Å². The molecule has 0 amide bonds. The van der Waals surface area contributed by atoms with E-state index in [-0.39, 0.29) is 5.56 Å². The lowest BCUT2D eigenvalue weighted by Crippen LogP contribution is -2.00. The number of methoxy groups -OCH3 is 1. The van der Waals surface area contributed by atoms with Crippen LogP contribution in [0.2, 0.25) is 5.02 Å². The number of benzene rings is 2. The van der Waals surface area contributed by atoms with Gasteiger partial charge >= 0.3 is 5.97 Å². The van der Waals surface area contributed by atoms with Crippen LogP contribution in [0.3, 0.4) is 0 Å². The first-order valence-electron chi connectivity index (χ1n) is 6.03. The second-order valence-corrected chi connectivity index (χ2v) is 4.76. The summed E-state index contributed by atoms with van der Waals surface area (Å²) < 4.78 is 6.85. The van der Waals surface area contributed by atoms with E-state index in [0.717, 1.165) is 0 Å². The number of hydrogen-bond donors (Lipinski definition) is 1. The molecule has 0 aliphatic rings. The van der Waals surface area contributed by atoms with E-state index in [0.29, 0.717) is 27.5 Å². The number of aromatic nitrogens is 3. The highest BCUT2D eigenvalue weighted by Crippen LogP contribution is 2.28. The highest BCUT2D eigenvalue weighted by molar-refractivity contribution is 6.30. The van der Waals surface area contributed by atoms with Crippen molar-refractivity contribution in [3.05, 3.63) is 47.0 Å². The summed E-state index contributed by atoms with van der Waals surface area (Å²) in [6, 6.07) is 9.78. The molecule has 6 nitrogen and oxygen atoms in total. The van der Waals surface area contributed by atoms with Crippen LogP contribution in [-0.2, 0) is 0 Å². The van der Waals surface area contributed by atoms with Gasteiger partial charge in [-0.1, -0.05) is 16.8 Å². The first-order valence-corrected chi connectivity index (χ1v) is 6.40. The fourth-order valence-electron chi connectivity index (χ4n) is 2.06. The number of halogens is 1. The van der Waals surface area contributed by atoms with Gasteiger partial charge in [-0.05, 0) is 36.4 Å². The van der Waals surface area contributed by atoms with Gasteiger partial charge < -0.3 is 9.84 Å². The second kappa shape index (κ2) is 5.06. The summed E-state index contributed by atoms with van der Waals surface area (Å²) in [5, 5.41) is 17.6. The third kappa shape index (κ3) is 2.30. The van der Waals surface area contributed by atoms with Crippen molar-refractivity contribution >= 4 is 28.6 Å². The minimum atomic E-state index is -1.01. The van der Waals surface area contributed by atoms with Crippen LogP contribution in [0.15, 0.2) is 36.4 Å². The Kier molecular flexibility index (Phi) is 3.23. The van der Waals surface area contributed by atoms with Gasteiger partial charge in [0.2, 0.25) is 0 Å². The van der Waals surface area contributed by atoms with Crippen LogP contribution in [0.25, 0.3) is 16.7 Å². The van der Waals surface area contributed by atoms with E-state index in [1.165, 1.54) is 12.1 Å². The molecule has 1 aromatic heterocycles. The molecule has 21 heavy (non-hydrogen) atoms. The van der Waals surface area contributed by atoms with E-state index >= 15 is 0 Å². The van der Waals surface area contributed by atoms with Crippen LogP contribution in [0.4, 0.5) is 0 Å². The average molecular weight is 304 g/mol. The average Bonchev–Trinajstić information content (AvgIpc) is 2.89. The fraction of sp³-hybridized carbons (Fsp3) is 0.0714. The summed E-state index contributed by atoms with van der Waals surface area (Å²) in [6.45, 7) is 0. The first kappa shape index (κ1) is 13.4. The number of carboxylic acid groups (broad SMARTS) is 1. The number of carboxylic acids is 1. The lowest BCUT2D eigenvalue weighted by atomic mass is 10.2. The lowest BCUT2D eigenvalue weighted by Gasteiger charge is -2.09. The van der Waals surface area contributed by atoms with Crippen molar-refractivity contribution in [2.75, 3.05) is 7.11 Å². The Labute approximate surface area is 124 Å². The van der Waals surface area contributed by atoms with Gasteiger partial charge in [-0.15, -0.1) is 5.10 Å². The molecule has 0 unspecified atom stereocenters. The largest absolute Gasteiger partial charge is 0.494 e. The van der Waals surface area contributed by atoms with Gasteiger partial charge in [0.25, 0.3) is 0 Å². The Bertz CT molecular complexity index is 845. The molecule has 7 heteroatoms. The monoisotopic (exact) mass is 303 g/mol. The number of nitrogens with zero attached hydrogens (tertiary/aromatic N) is 3. The van der Waals surface area contributed by atoms with Gasteiger partial charge in [0.1, 0.15) is 17.0 Å². The van der Waals surface area contributed by atoms with Crippen molar-refractivity contribution in [3.63, 3.8) is 0 Å². The van der Waals surface area contributed by atoms with Gasteiger partial charge in [0.15, 0.2) is 0 Å². The van der Waals surface area contributed by atoms with Crippen molar-refractivity contribution in [3.8, 4) is 11.4 Å². The van der Waals surface area contributed by atoms with Crippen molar-refractivity contribution in [2.45, 2.75) is 0 Å². The molecule has 1 heterocycles. The highest BCUT2D eigenvalue weighted by atomic mass is 35.5. The SMILES string of the molecule is COc1ccc(Cl)cc1-n1nnc2cc(C(=O)O)ccc21. The Morgan fingerprint density at radius 3 is 2.81 bits per heavy atom. The van der Waals surface area contributed by atoms with E-state index < -0.39 is 5.97 Å². The zero-order chi connectivity index (χ0) is 15.0. The zero-order valence-corrected chi connectivity index (χ0v) is 11.7. The minimum Gasteiger partial charge on any atom is -0.494 e. The molecule has 0 radical (unpaired) electrons. The Morgan fingerprint density at radius 2 is 2.10 bits per heavy atom. The van der Waals surface area contributed by atoms with Gasteiger partial charge in [0.05, 0.1) is 18.2 Å². The normalized spacial score (nSPS) is 10.8. The van der Waals surface area contributed by atoms with E-state index in [4.69, 9.17) is 21.4 Å². The van der Waals surface area contributed by atoms with Gasteiger partial charge in [-0.25, -0.2) is 9.48 Å². The topological polar surface area (TPSA) is 77.2 Å². The molecule has 1 N–H and O–H groups in total. The number of hydrogen-bond acceptors (Lipinski definition) is 4. The van der Waals surface area contributed by atoms with E-state index in [1.54, 1.807) is 36.1 Å². The van der Waals surface area contributed by atoms with Crippen molar-refractivity contribution in [1.82, 2.24) is 15.0 Å². The first-order chi connectivity index (χ1) is 10.1. The zero-order valence-electron chi connectivity index (χ0n) is 10.9. The van der Waals surface area contributed by atoms with E-state index in [9.17, 15) is 4.79 Å². The van der Waals surface area contributed by atoms with Gasteiger partial charge in [-0.2, -0.15) is 0 Å². The predicted molar refractivity (Wildman–Crippen MR) is 77.4 cm³/mol. The third-order valence-corrected chi connectivity index (χ3v) is 3.30. The number of aromatic carboxylic acids is 1. The molecule has 0 bridgehead atoms. The summed E-state index contributed by atoms with van der Waals surface area (Å²) in [4.78, 5) is 11.0. The molecular formula is C14H10ClN3O3. The van der Waals surface area contributed by atoms with Crippen LogP contribution in [-0.4, -0.2) is 33.2 Å². The minimum absolute atomic E-state index is 0.160. The quantitative estimate of drug-likeness (QED) is 0.805. The molecule has 3 aromatic rings. The molecule has 0 aliphatic heterocycles. The van der Waals surface area contributed by atoms with E-state index in [1.807, 2.05) is 0 Å². The number of carbonyl (C=O) groups is 1. The molecule has 3 rings (SSSR count). The van der Waals surface area contributed by atoms with E-state index in [2.05, 4.69) is 10.3 Å². The molecule has 0 aliphatic carbocycles. The number of fused-ring (bicyclic) bond motifs is 1. The lowest BCUT2D eigenvalue weighted by molar-refractivity contribution is 0.0697. The highest BCUT2D eigenvalue weighted by Gasteiger charge is 2.13. The second-order valence-electron chi connectivity index (χ2n) is 4.33. The van der Waals surface area contributed by atoms with Crippen molar-refractivity contribution in [2.24, 2.45) is 0 Å². The summed E-state index contributed by atoms with van der Waals surface area (Å²) >= 11 is 6.01. The summed E-state index contributed by atoms with van der Waals surface area (Å²) in [5.74, 6) is -0.416. The maximum atomic E-state index is 11.0. The number of rotatable bonds is 3. The van der Waals surface area contributed by atoms with Crippen molar-refractivity contribution < 1.29 is 14.6 Å². The summed E-state index contributed by atoms with van der Waals surface area (Å²) in [6.07, 6.45) is 0. The molecule has 2 aromatic carbocycles. The molecule has 0 atom stereocenters. The third-order valence-electron chi connectivity index (χ3n) is 3.06. The van der Waals surface area contributed by atoms with Crippen LogP contribution < -0.4 is 4.74 Å². The molecule has 0 saturated carbocycles. The number of ether oxygens (including phenoxy) is 1. The van der Waals surface area contributed by atoms with Crippen LogP contribution in [0.5, 0.6) is 5.75 Å². The van der Waals surface area contributed by atoms with Crippen LogP contribution in [0, 0.1) is 0 Å². The molecule has 0 spiro atoms. The standard InChI is InChI=1S/C14H10ClN3O3/c1-21-13-5-3-9(15)7-12(13)18-11-4-2-8(14(19)20)6-10(11)16-17-18/h2-7H,1H3,(H,19,20).